The zero-order chi connectivity index (χ0) is 25.5. The average molecular weight is 500 g/mol. The molecule has 1 aliphatic carbocycles. The van der Waals surface area contributed by atoms with Crippen LogP contribution in [0.2, 0.25) is 0 Å². The number of ether oxygens (including phenoxy) is 1. The van der Waals surface area contributed by atoms with Crippen molar-refractivity contribution in [1.29, 1.82) is 0 Å². The Labute approximate surface area is 206 Å². The number of likely N-dealkylation sites (N-methyl/N-ethyl adjacent to an activating group) is 1. The lowest BCUT2D eigenvalue weighted by Gasteiger charge is -2.45. The quantitative estimate of drug-likeness (QED) is 0.375. The van der Waals surface area contributed by atoms with Crippen LogP contribution in [0.1, 0.15) is 62.8 Å². The number of rotatable bonds is 12. The van der Waals surface area contributed by atoms with E-state index in [0.29, 0.717) is 45.4 Å². The van der Waals surface area contributed by atoms with Crippen LogP contribution in [0.4, 0.5) is 18.0 Å². The second-order valence-corrected chi connectivity index (χ2v) is 10.3. The Morgan fingerprint density at radius 1 is 1.31 bits per heavy atom. The van der Waals surface area contributed by atoms with E-state index in [1.807, 2.05) is 6.07 Å². The summed E-state index contributed by atoms with van der Waals surface area (Å²) in [7, 11) is 3.41. The number of carbonyl (C=O) groups excluding carboxylic acids is 1. The van der Waals surface area contributed by atoms with Gasteiger partial charge in [0, 0.05) is 51.6 Å². The second kappa shape index (κ2) is 12.4. The number of unbranched alkanes of at least 4 members (excludes halogenated alkanes) is 1. The number of piperidine rings is 1. The molecule has 0 aromatic heterocycles. The smallest absolute Gasteiger partial charge is 0.317 e. The van der Waals surface area contributed by atoms with Crippen molar-refractivity contribution < 1.29 is 27.8 Å². The third-order valence-corrected chi connectivity index (χ3v) is 7.35. The van der Waals surface area contributed by atoms with Crippen LogP contribution in [0.3, 0.4) is 0 Å². The summed E-state index contributed by atoms with van der Waals surface area (Å²) in [5.74, 6) is -3.37. The van der Waals surface area contributed by atoms with E-state index in [9.17, 15) is 23.1 Å². The van der Waals surface area contributed by atoms with E-state index in [2.05, 4.69) is 10.6 Å². The van der Waals surface area contributed by atoms with Gasteiger partial charge in [-0.15, -0.1) is 0 Å². The Hall–Kier alpha value is -1.84. The molecule has 1 saturated heterocycles. The number of amides is 2. The minimum Gasteiger partial charge on any atom is -0.387 e. The summed E-state index contributed by atoms with van der Waals surface area (Å²) in [4.78, 5) is 14.8. The number of urea groups is 1. The molecule has 0 radical (unpaired) electrons. The van der Waals surface area contributed by atoms with Crippen LogP contribution in [0, 0.1) is 11.7 Å². The van der Waals surface area contributed by atoms with E-state index in [0.717, 1.165) is 18.4 Å². The predicted molar refractivity (Wildman–Crippen MR) is 129 cm³/mol. The van der Waals surface area contributed by atoms with Crippen LogP contribution >= 0.6 is 0 Å². The molecule has 3 N–H and O–H groups in total. The number of aliphatic hydroxyl groups is 1. The summed E-state index contributed by atoms with van der Waals surface area (Å²) in [6, 6.07) is 5.77. The Morgan fingerprint density at radius 3 is 2.74 bits per heavy atom. The fraction of sp³-hybridized carbons (Fsp3) is 0.731. The molecule has 1 aromatic rings. The van der Waals surface area contributed by atoms with E-state index in [1.165, 1.54) is 12.1 Å². The number of alkyl halides is 2. The van der Waals surface area contributed by atoms with Crippen molar-refractivity contribution in [2.24, 2.45) is 5.92 Å². The number of hydrogen-bond donors (Lipinski definition) is 3. The molecule has 3 rings (SSSR count). The van der Waals surface area contributed by atoms with Crippen molar-refractivity contribution in [1.82, 2.24) is 15.5 Å². The number of nitrogens with zero attached hydrogens (tertiary/aromatic N) is 1. The maximum atomic E-state index is 14.0. The van der Waals surface area contributed by atoms with Crippen molar-refractivity contribution >= 4 is 6.03 Å². The minimum atomic E-state index is -2.59. The maximum absolute atomic E-state index is 14.0. The summed E-state index contributed by atoms with van der Waals surface area (Å²) < 4.78 is 45.7. The van der Waals surface area contributed by atoms with Gasteiger partial charge in [0.2, 0.25) is 5.92 Å². The number of β-amino-alcohol motifs (C(OH)–C–C–N with tert-alkyl or cyclic N) is 1. The minimum absolute atomic E-state index is 0.105. The molecule has 0 spiro atoms. The summed E-state index contributed by atoms with van der Waals surface area (Å²) >= 11 is 0. The number of carbonyl (C=O) groups is 1. The standard InChI is InChI=1S/C26H40F3N3O3/c1-30-17-22(13-19-15-26(28,29)16-19)31-24(33)32-11-6-10-25(34,18-32)23(9-3-4-12-35-2)20-7-5-8-21(27)14-20/h5,7-8,14,19,22-23,30,34H,3-4,6,9-13,15-18H2,1-2H3,(H,31,33)/t22-,23-,25-/m0/s1. The van der Waals surface area contributed by atoms with E-state index >= 15 is 0 Å². The molecule has 2 aliphatic rings. The molecule has 3 atom stereocenters. The van der Waals surface area contributed by atoms with E-state index in [1.54, 1.807) is 25.1 Å². The molecule has 198 valence electrons. The molecule has 9 heteroatoms. The van der Waals surface area contributed by atoms with Gasteiger partial charge in [0.05, 0.1) is 12.1 Å². The summed E-state index contributed by atoms with van der Waals surface area (Å²) in [5, 5.41) is 17.8. The summed E-state index contributed by atoms with van der Waals surface area (Å²) in [6.45, 7) is 1.74. The first kappa shape index (κ1) is 27.7. The van der Waals surface area contributed by atoms with Crippen molar-refractivity contribution in [2.45, 2.75) is 74.8 Å². The Balaban J connectivity index is 1.67. The number of methoxy groups -OCH3 is 1. The number of likely N-dealkylation sites (tertiary alicyclic amines) is 1. The zero-order valence-corrected chi connectivity index (χ0v) is 20.9. The van der Waals surface area contributed by atoms with Gasteiger partial charge in [-0.3, -0.25) is 0 Å². The monoisotopic (exact) mass is 499 g/mol. The van der Waals surface area contributed by atoms with Gasteiger partial charge in [-0.05, 0) is 62.8 Å². The molecule has 2 fully saturated rings. The van der Waals surface area contributed by atoms with Gasteiger partial charge in [0.1, 0.15) is 5.82 Å². The van der Waals surface area contributed by atoms with Gasteiger partial charge in [-0.25, -0.2) is 18.0 Å². The normalized spacial score (nSPS) is 24.0. The van der Waals surface area contributed by atoms with Gasteiger partial charge in [-0.2, -0.15) is 0 Å². The lowest BCUT2D eigenvalue weighted by Crippen LogP contribution is -2.57. The number of benzene rings is 1. The summed E-state index contributed by atoms with van der Waals surface area (Å²) in [6.07, 6.45) is 3.64. The van der Waals surface area contributed by atoms with Gasteiger partial charge < -0.3 is 25.4 Å². The lowest BCUT2D eigenvalue weighted by atomic mass is 9.74. The fourth-order valence-electron chi connectivity index (χ4n) is 5.65. The number of nitrogens with one attached hydrogen (secondary N) is 2. The molecule has 0 unspecified atom stereocenters. The van der Waals surface area contributed by atoms with E-state index in [4.69, 9.17) is 4.74 Å². The molecule has 35 heavy (non-hydrogen) atoms. The molecular formula is C26H40F3N3O3. The first-order valence-electron chi connectivity index (χ1n) is 12.7. The molecule has 1 saturated carbocycles. The highest BCUT2D eigenvalue weighted by molar-refractivity contribution is 5.74. The van der Waals surface area contributed by atoms with Crippen molar-refractivity contribution in [3.63, 3.8) is 0 Å². The van der Waals surface area contributed by atoms with E-state index < -0.39 is 11.5 Å². The van der Waals surface area contributed by atoms with Crippen LogP contribution in [0.25, 0.3) is 0 Å². The molecule has 0 bridgehead atoms. The van der Waals surface area contributed by atoms with Gasteiger partial charge in [-0.1, -0.05) is 18.6 Å². The second-order valence-electron chi connectivity index (χ2n) is 10.3. The Bertz CT molecular complexity index is 820. The molecule has 1 heterocycles. The van der Waals surface area contributed by atoms with Crippen molar-refractivity contribution in [2.75, 3.05) is 40.4 Å². The topological polar surface area (TPSA) is 73.8 Å². The van der Waals surface area contributed by atoms with Crippen LogP contribution in [0.5, 0.6) is 0 Å². The molecule has 6 nitrogen and oxygen atoms in total. The third-order valence-electron chi connectivity index (χ3n) is 7.35. The lowest BCUT2D eigenvalue weighted by molar-refractivity contribution is -0.113. The van der Waals surface area contributed by atoms with Crippen LogP contribution in [-0.4, -0.2) is 74.0 Å². The van der Waals surface area contributed by atoms with Gasteiger partial charge in [0.15, 0.2) is 0 Å². The van der Waals surface area contributed by atoms with Crippen LogP contribution < -0.4 is 10.6 Å². The van der Waals surface area contributed by atoms with Crippen LogP contribution in [-0.2, 0) is 4.74 Å². The molecule has 2 amide bonds. The molecule has 1 aromatic carbocycles. The van der Waals surface area contributed by atoms with E-state index in [-0.39, 0.29) is 49.1 Å². The predicted octanol–water partition coefficient (Wildman–Crippen LogP) is 4.29. The SMILES string of the molecule is CNC[C@H](CC1CC(F)(F)C1)NC(=O)N1CCC[C@@](O)([C@@H](CCCCOC)c2cccc(F)c2)C1. The Kier molecular flexibility index (Phi) is 9.84. The van der Waals surface area contributed by atoms with Crippen molar-refractivity contribution in [3.05, 3.63) is 35.6 Å². The highest BCUT2D eigenvalue weighted by Crippen LogP contribution is 2.44. The Morgan fingerprint density at radius 2 is 2.09 bits per heavy atom. The third kappa shape index (κ3) is 7.82. The molecular weight excluding hydrogens is 459 g/mol. The van der Waals surface area contributed by atoms with Gasteiger partial charge in [0.25, 0.3) is 0 Å². The van der Waals surface area contributed by atoms with Crippen LogP contribution in [0.15, 0.2) is 24.3 Å². The average Bonchev–Trinajstić information content (AvgIpc) is 2.78. The maximum Gasteiger partial charge on any atom is 0.317 e. The fourth-order valence-corrected chi connectivity index (χ4v) is 5.65. The zero-order valence-electron chi connectivity index (χ0n) is 20.9. The van der Waals surface area contributed by atoms with Crippen molar-refractivity contribution in [3.8, 4) is 0 Å². The number of hydrogen-bond acceptors (Lipinski definition) is 4. The molecule has 1 aliphatic heterocycles. The van der Waals surface area contributed by atoms with Gasteiger partial charge >= 0.3 is 6.03 Å². The highest BCUT2D eigenvalue weighted by atomic mass is 19.3. The number of halogens is 3. The summed E-state index contributed by atoms with van der Waals surface area (Å²) in [5.41, 5.74) is -0.462. The highest BCUT2D eigenvalue weighted by Gasteiger charge is 2.46. The largest absolute Gasteiger partial charge is 0.387 e. The first-order valence-corrected chi connectivity index (χ1v) is 12.7. The first-order chi connectivity index (χ1) is 16.7.